The Balaban J connectivity index is 2.26. The molecule has 1 heterocycles. The lowest BCUT2D eigenvalue weighted by Crippen LogP contribution is -2.49. The van der Waals surface area contributed by atoms with Crippen LogP contribution in [0.15, 0.2) is 0 Å². The van der Waals surface area contributed by atoms with Gasteiger partial charge in [0.1, 0.15) is 0 Å². The Morgan fingerprint density at radius 2 is 2.25 bits per heavy atom. The maximum absolute atomic E-state index is 6.16. The van der Waals surface area contributed by atoms with Gasteiger partial charge in [-0.2, -0.15) is 0 Å². The number of nitrogens with zero attached hydrogens (tertiary/aromatic N) is 1. The quantitative estimate of drug-likeness (QED) is 0.671. The molecule has 1 saturated heterocycles. The summed E-state index contributed by atoms with van der Waals surface area (Å²) in [5.41, 5.74) is 6.10. The first-order chi connectivity index (χ1) is 5.62. The summed E-state index contributed by atoms with van der Waals surface area (Å²) in [4.78, 5) is 2.17. The Labute approximate surface area is 74.9 Å². The fourth-order valence-electron chi connectivity index (χ4n) is 1.52. The van der Waals surface area contributed by atoms with Crippen LogP contribution in [-0.2, 0) is 4.74 Å². The first-order valence-electron chi connectivity index (χ1n) is 4.64. The van der Waals surface area contributed by atoms with Crippen molar-refractivity contribution in [2.45, 2.75) is 24.8 Å². The molecule has 0 aromatic carbocycles. The lowest BCUT2D eigenvalue weighted by molar-refractivity contribution is 0.0318. The molecule has 0 saturated carbocycles. The van der Waals surface area contributed by atoms with Crippen LogP contribution in [-0.4, -0.2) is 44.3 Å². The number of nitrogens with two attached hydrogens (primary N) is 1. The number of hydrogen-bond donors (Lipinski definition) is 1. The summed E-state index contributed by atoms with van der Waals surface area (Å²) >= 11 is 0. The van der Waals surface area contributed by atoms with Gasteiger partial charge in [-0.1, -0.05) is 0 Å². The Hall–Kier alpha value is -0.120. The van der Waals surface area contributed by atoms with E-state index >= 15 is 0 Å². The molecule has 0 spiro atoms. The second-order valence-electron chi connectivity index (χ2n) is 4.07. The van der Waals surface area contributed by atoms with E-state index < -0.39 is 0 Å². The molecule has 1 aliphatic heterocycles. The van der Waals surface area contributed by atoms with Gasteiger partial charge in [0, 0.05) is 12.1 Å². The van der Waals surface area contributed by atoms with E-state index in [1.165, 1.54) is 0 Å². The second-order valence-corrected chi connectivity index (χ2v) is 4.07. The summed E-state index contributed by atoms with van der Waals surface area (Å²) < 4.78 is 5.37. The third-order valence-corrected chi connectivity index (χ3v) is 2.41. The number of rotatable bonds is 3. The van der Waals surface area contributed by atoms with Gasteiger partial charge in [-0.05, 0) is 39.9 Å². The molecule has 3 nitrogen and oxygen atoms in total. The zero-order valence-electron chi connectivity index (χ0n) is 8.18. The van der Waals surface area contributed by atoms with E-state index in [0.717, 1.165) is 39.0 Å². The molecule has 3 heteroatoms. The van der Waals surface area contributed by atoms with Gasteiger partial charge in [-0.25, -0.2) is 0 Å². The molecule has 1 aliphatic rings. The molecule has 1 unspecified atom stereocenters. The van der Waals surface area contributed by atoms with Gasteiger partial charge in [-0.3, -0.25) is 0 Å². The van der Waals surface area contributed by atoms with E-state index in [1.54, 1.807) is 0 Å². The van der Waals surface area contributed by atoms with Gasteiger partial charge in [0.25, 0.3) is 0 Å². The maximum Gasteiger partial charge on any atom is 0.0646 e. The van der Waals surface area contributed by atoms with E-state index in [-0.39, 0.29) is 5.54 Å². The largest absolute Gasteiger partial charge is 0.380 e. The minimum atomic E-state index is -0.0531. The van der Waals surface area contributed by atoms with Crippen LogP contribution in [0.2, 0.25) is 0 Å². The first kappa shape index (κ1) is 9.96. The normalized spacial score (nSPS) is 31.0. The zero-order valence-corrected chi connectivity index (χ0v) is 8.18. The number of ether oxygens (including phenoxy) is 1. The molecule has 72 valence electrons. The second kappa shape index (κ2) is 4.21. The lowest BCUT2D eigenvalue weighted by Gasteiger charge is -2.34. The van der Waals surface area contributed by atoms with E-state index in [1.807, 2.05) is 0 Å². The molecule has 1 rings (SSSR count). The average Bonchev–Trinajstić information content (AvgIpc) is 2.03. The van der Waals surface area contributed by atoms with Crippen molar-refractivity contribution in [3.8, 4) is 0 Å². The van der Waals surface area contributed by atoms with Gasteiger partial charge in [0.15, 0.2) is 0 Å². The van der Waals surface area contributed by atoms with Crippen LogP contribution < -0.4 is 5.73 Å². The van der Waals surface area contributed by atoms with Crippen molar-refractivity contribution in [2.24, 2.45) is 5.73 Å². The van der Waals surface area contributed by atoms with Crippen molar-refractivity contribution < 1.29 is 4.74 Å². The van der Waals surface area contributed by atoms with Crippen LogP contribution in [0.4, 0.5) is 0 Å². The van der Waals surface area contributed by atoms with Crippen molar-refractivity contribution in [1.82, 2.24) is 4.90 Å². The summed E-state index contributed by atoms with van der Waals surface area (Å²) in [5.74, 6) is 0. The highest BCUT2D eigenvalue weighted by molar-refractivity contribution is 4.86. The summed E-state index contributed by atoms with van der Waals surface area (Å²) in [6, 6.07) is 0. The molecule has 0 radical (unpaired) electrons. The maximum atomic E-state index is 6.16. The Kier molecular flexibility index (Phi) is 3.50. The predicted molar refractivity (Wildman–Crippen MR) is 50.1 cm³/mol. The fraction of sp³-hybridized carbons (Fsp3) is 1.00. The van der Waals surface area contributed by atoms with Gasteiger partial charge in [0.2, 0.25) is 0 Å². The Morgan fingerprint density at radius 1 is 1.50 bits per heavy atom. The first-order valence-corrected chi connectivity index (χ1v) is 4.64. The van der Waals surface area contributed by atoms with Gasteiger partial charge in [-0.15, -0.1) is 0 Å². The molecule has 0 bridgehead atoms. The van der Waals surface area contributed by atoms with Crippen LogP contribution >= 0.6 is 0 Å². The Bertz CT molecular complexity index is 130. The third kappa shape index (κ3) is 3.09. The molecule has 2 N–H and O–H groups in total. The smallest absolute Gasteiger partial charge is 0.0646 e. The molecule has 1 atom stereocenters. The van der Waals surface area contributed by atoms with Crippen LogP contribution in [0.25, 0.3) is 0 Å². The van der Waals surface area contributed by atoms with Crippen molar-refractivity contribution in [3.05, 3.63) is 0 Å². The summed E-state index contributed by atoms with van der Waals surface area (Å²) in [6.45, 7) is 2.68. The molecule has 0 aromatic rings. The van der Waals surface area contributed by atoms with Crippen LogP contribution in [0.3, 0.4) is 0 Å². The van der Waals surface area contributed by atoms with E-state index in [9.17, 15) is 0 Å². The molecule has 12 heavy (non-hydrogen) atoms. The monoisotopic (exact) mass is 172 g/mol. The van der Waals surface area contributed by atoms with Gasteiger partial charge < -0.3 is 15.4 Å². The van der Waals surface area contributed by atoms with Gasteiger partial charge in [0.05, 0.1) is 6.61 Å². The zero-order chi connectivity index (χ0) is 9.03. The molecule has 0 aromatic heterocycles. The molecule has 0 aliphatic carbocycles. The molecule has 1 fully saturated rings. The topological polar surface area (TPSA) is 38.5 Å². The fourth-order valence-corrected chi connectivity index (χ4v) is 1.52. The highest BCUT2D eigenvalue weighted by Gasteiger charge is 2.27. The molecule has 0 amide bonds. The van der Waals surface area contributed by atoms with Crippen LogP contribution in [0.1, 0.15) is 19.3 Å². The van der Waals surface area contributed by atoms with Crippen molar-refractivity contribution >= 4 is 0 Å². The predicted octanol–water partition coefficient (Wildman–Crippen LogP) is 0.446. The van der Waals surface area contributed by atoms with Crippen molar-refractivity contribution in [1.29, 1.82) is 0 Å². The summed E-state index contributed by atoms with van der Waals surface area (Å²) in [6.07, 6.45) is 3.27. The lowest BCUT2D eigenvalue weighted by atomic mass is 9.90. The number of hydrogen-bond acceptors (Lipinski definition) is 3. The average molecular weight is 172 g/mol. The highest BCUT2D eigenvalue weighted by Crippen LogP contribution is 2.19. The van der Waals surface area contributed by atoms with Crippen molar-refractivity contribution in [2.75, 3.05) is 33.9 Å². The Morgan fingerprint density at radius 3 is 2.75 bits per heavy atom. The van der Waals surface area contributed by atoms with E-state index in [4.69, 9.17) is 10.5 Å². The van der Waals surface area contributed by atoms with Gasteiger partial charge >= 0.3 is 0 Å². The SMILES string of the molecule is CN(C)CCC1(N)CCCOC1. The minimum absolute atomic E-state index is 0.0531. The van der Waals surface area contributed by atoms with Crippen LogP contribution in [0.5, 0.6) is 0 Å². The molecular weight excluding hydrogens is 152 g/mol. The van der Waals surface area contributed by atoms with Crippen molar-refractivity contribution in [3.63, 3.8) is 0 Å². The van der Waals surface area contributed by atoms with E-state index in [0.29, 0.717) is 0 Å². The van der Waals surface area contributed by atoms with E-state index in [2.05, 4.69) is 19.0 Å². The summed E-state index contributed by atoms with van der Waals surface area (Å²) in [5, 5.41) is 0. The molecular formula is C9H20N2O. The summed E-state index contributed by atoms with van der Waals surface area (Å²) in [7, 11) is 4.15. The highest BCUT2D eigenvalue weighted by atomic mass is 16.5. The third-order valence-electron chi connectivity index (χ3n) is 2.41. The minimum Gasteiger partial charge on any atom is -0.380 e. The standard InChI is InChI=1S/C9H20N2O/c1-11(2)6-5-9(10)4-3-7-12-8-9/h3-8,10H2,1-2H3. The van der Waals surface area contributed by atoms with Crippen LogP contribution in [0, 0.1) is 0 Å².